The van der Waals surface area contributed by atoms with Crippen LogP contribution in [0.5, 0.6) is 0 Å². The molecule has 0 aliphatic carbocycles. The van der Waals surface area contributed by atoms with E-state index >= 15 is 0 Å². The maximum Gasteiger partial charge on any atom is 0.240 e. The number of hydrogen-bond donors (Lipinski definition) is 2. The summed E-state index contributed by atoms with van der Waals surface area (Å²) in [7, 11) is 1.86. The number of nitrogens with zero attached hydrogens (tertiary/aromatic N) is 3. The summed E-state index contributed by atoms with van der Waals surface area (Å²) in [4.78, 5) is 13.6. The standard InChI is InChI=1S/C12H21N5O/c1-3-8-10(13)12(16(2)15-8)17-7-5-4-6-9(17)11(14)18/h9H,3-7,13H2,1-2H3,(H2,14,18). The fourth-order valence-corrected chi connectivity index (χ4v) is 2.67. The molecule has 0 aromatic carbocycles. The largest absolute Gasteiger partial charge is 0.394 e. The quantitative estimate of drug-likeness (QED) is 0.814. The number of carbonyl (C=O) groups is 1. The van der Waals surface area contributed by atoms with Crippen molar-refractivity contribution >= 4 is 17.4 Å². The average molecular weight is 251 g/mol. The third kappa shape index (κ3) is 2.02. The number of anilines is 2. The molecule has 0 spiro atoms. The molecule has 1 fully saturated rings. The molecule has 1 aromatic heterocycles. The van der Waals surface area contributed by atoms with Gasteiger partial charge in [-0.05, 0) is 25.7 Å². The molecule has 1 unspecified atom stereocenters. The van der Waals surface area contributed by atoms with Gasteiger partial charge in [-0.1, -0.05) is 6.92 Å². The highest BCUT2D eigenvalue weighted by atomic mass is 16.1. The van der Waals surface area contributed by atoms with Gasteiger partial charge in [0, 0.05) is 13.6 Å². The van der Waals surface area contributed by atoms with Crippen molar-refractivity contribution in [3.63, 3.8) is 0 Å². The summed E-state index contributed by atoms with van der Waals surface area (Å²) in [6.45, 7) is 2.82. The number of carbonyl (C=O) groups excluding carboxylic acids is 1. The molecular formula is C12H21N5O. The molecule has 1 aliphatic heterocycles. The third-order valence-electron chi connectivity index (χ3n) is 3.57. The molecule has 2 heterocycles. The van der Waals surface area contributed by atoms with E-state index in [9.17, 15) is 4.79 Å². The van der Waals surface area contributed by atoms with E-state index in [1.807, 2.05) is 18.9 Å². The lowest BCUT2D eigenvalue weighted by molar-refractivity contribution is -0.119. The van der Waals surface area contributed by atoms with Crippen LogP contribution < -0.4 is 16.4 Å². The fraction of sp³-hybridized carbons (Fsp3) is 0.667. The predicted octanol–water partition coefficient (Wildman–Crippen LogP) is 0.409. The van der Waals surface area contributed by atoms with Crippen LogP contribution in [0.2, 0.25) is 0 Å². The van der Waals surface area contributed by atoms with E-state index in [1.54, 1.807) is 4.68 Å². The Hall–Kier alpha value is -1.72. The predicted molar refractivity (Wildman–Crippen MR) is 71.2 cm³/mol. The number of piperidine rings is 1. The molecule has 1 atom stereocenters. The summed E-state index contributed by atoms with van der Waals surface area (Å²) < 4.78 is 1.76. The monoisotopic (exact) mass is 251 g/mol. The van der Waals surface area contributed by atoms with Gasteiger partial charge in [0.15, 0.2) is 5.82 Å². The van der Waals surface area contributed by atoms with Crippen LogP contribution in [-0.2, 0) is 18.3 Å². The molecule has 6 nitrogen and oxygen atoms in total. The molecular weight excluding hydrogens is 230 g/mol. The summed E-state index contributed by atoms with van der Waals surface area (Å²) in [6.07, 6.45) is 3.66. The number of rotatable bonds is 3. The first-order valence-corrected chi connectivity index (χ1v) is 6.43. The van der Waals surface area contributed by atoms with Gasteiger partial charge < -0.3 is 16.4 Å². The Kier molecular flexibility index (Phi) is 3.45. The van der Waals surface area contributed by atoms with Crippen LogP contribution in [0, 0.1) is 0 Å². The van der Waals surface area contributed by atoms with E-state index in [-0.39, 0.29) is 11.9 Å². The minimum absolute atomic E-state index is 0.263. The second-order valence-corrected chi connectivity index (χ2v) is 4.77. The van der Waals surface area contributed by atoms with E-state index in [0.29, 0.717) is 5.69 Å². The average Bonchev–Trinajstić information content (AvgIpc) is 2.64. The molecule has 4 N–H and O–H groups in total. The van der Waals surface area contributed by atoms with E-state index in [0.717, 1.165) is 43.7 Å². The number of aryl methyl sites for hydroxylation is 2. The van der Waals surface area contributed by atoms with Crippen molar-refractivity contribution in [2.24, 2.45) is 12.8 Å². The van der Waals surface area contributed by atoms with Crippen molar-refractivity contribution < 1.29 is 4.79 Å². The first-order chi connectivity index (χ1) is 8.56. The molecule has 0 bridgehead atoms. The Morgan fingerprint density at radius 2 is 2.22 bits per heavy atom. The Balaban J connectivity index is 2.39. The van der Waals surface area contributed by atoms with Gasteiger partial charge in [0.2, 0.25) is 5.91 Å². The number of aromatic nitrogens is 2. The number of primary amides is 1. The second kappa shape index (κ2) is 4.88. The van der Waals surface area contributed by atoms with Gasteiger partial charge in [-0.15, -0.1) is 0 Å². The van der Waals surface area contributed by atoms with Gasteiger partial charge in [0.25, 0.3) is 0 Å². The van der Waals surface area contributed by atoms with Crippen molar-refractivity contribution in [3.05, 3.63) is 5.69 Å². The van der Waals surface area contributed by atoms with E-state index < -0.39 is 0 Å². The van der Waals surface area contributed by atoms with Crippen LogP contribution in [0.1, 0.15) is 31.9 Å². The Labute approximate surface area is 107 Å². The Morgan fingerprint density at radius 3 is 2.78 bits per heavy atom. The van der Waals surface area contributed by atoms with Gasteiger partial charge in [-0.3, -0.25) is 9.48 Å². The Bertz CT molecular complexity index is 454. The molecule has 18 heavy (non-hydrogen) atoms. The summed E-state index contributed by atoms with van der Waals surface area (Å²) in [5, 5.41) is 4.40. The highest BCUT2D eigenvalue weighted by molar-refractivity contribution is 5.85. The van der Waals surface area contributed by atoms with Crippen LogP contribution in [0.4, 0.5) is 11.5 Å². The fourth-order valence-electron chi connectivity index (χ4n) is 2.67. The second-order valence-electron chi connectivity index (χ2n) is 4.77. The summed E-state index contributed by atoms with van der Waals surface area (Å²) in [6, 6.07) is -0.263. The molecule has 1 saturated heterocycles. The van der Waals surface area contributed by atoms with Gasteiger partial charge in [0.05, 0.1) is 11.4 Å². The maximum absolute atomic E-state index is 11.5. The van der Waals surface area contributed by atoms with Gasteiger partial charge >= 0.3 is 0 Å². The van der Waals surface area contributed by atoms with Gasteiger partial charge in [0.1, 0.15) is 6.04 Å². The lowest BCUT2D eigenvalue weighted by atomic mass is 10.0. The zero-order chi connectivity index (χ0) is 13.3. The summed E-state index contributed by atoms with van der Waals surface area (Å²) >= 11 is 0. The van der Waals surface area contributed by atoms with Crippen LogP contribution in [-0.4, -0.2) is 28.3 Å². The maximum atomic E-state index is 11.5. The first kappa shape index (κ1) is 12.7. The zero-order valence-corrected chi connectivity index (χ0v) is 11.0. The Morgan fingerprint density at radius 1 is 1.50 bits per heavy atom. The van der Waals surface area contributed by atoms with Crippen molar-refractivity contribution in [1.82, 2.24) is 9.78 Å². The van der Waals surface area contributed by atoms with Gasteiger partial charge in [-0.25, -0.2) is 0 Å². The SMILES string of the molecule is CCc1nn(C)c(N2CCCCC2C(N)=O)c1N. The lowest BCUT2D eigenvalue weighted by Gasteiger charge is -2.35. The summed E-state index contributed by atoms with van der Waals surface area (Å²) in [5.74, 6) is 0.545. The smallest absolute Gasteiger partial charge is 0.240 e. The van der Waals surface area contributed by atoms with Crippen LogP contribution >= 0.6 is 0 Å². The molecule has 6 heteroatoms. The topological polar surface area (TPSA) is 90.2 Å². The third-order valence-corrected chi connectivity index (χ3v) is 3.57. The summed E-state index contributed by atoms with van der Waals surface area (Å²) in [5.41, 5.74) is 13.2. The van der Waals surface area contributed by atoms with Crippen molar-refractivity contribution in [1.29, 1.82) is 0 Å². The minimum atomic E-state index is -0.284. The van der Waals surface area contributed by atoms with Crippen molar-refractivity contribution in [3.8, 4) is 0 Å². The van der Waals surface area contributed by atoms with Crippen molar-refractivity contribution in [2.75, 3.05) is 17.2 Å². The molecule has 0 radical (unpaired) electrons. The van der Waals surface area contributed by atoms with Crippen LogP contribution in [0.3, 0.4) is 0 Å². The zero-order valence-electron chi connectivity index (χ0n) is 11.0. The first-order valence-electron chi connectivity index (χ1n) is 6.43. The highest BCUT2D eigenvalue weighted by Crippen LogP contribution is 2.31. The van der Waals surface area contributed by atoms with E-state index in [1.165, 1.54) is 0 Å². The molecule has 1 aromatic rings. The number of hydrogen-bond acceptors (Lipinski definition) is 4. The molecule has 100 valence electrons. The van der Waals surface area contributed by atoms with E-state index in [4.69, 9.17) is 11.5 Å². The molecule has 0 saturated carbocycles. The molecule has 2 rings (SSSR count). The number of amides is 1. The molecule has 1 aliphatic rings. The van der Waals surface area contributed by atoms with E-state index in [2.05, 4.69) is 5.10 Å². The van der Waals surface area contributed by atoms with Crippen molar-refractivity contribution in [2.45, 2.75) is 38.6 Å². The molecule has 1 amide bonds. The van der Waals surface area contributed by atoms with Crippen LogP contribution in [0.15, 0.2) is 0 Å². The lowest BCUT2D eigenvalue weighted by Crippen LogP contribution is -2.48. The van der Waals surface area contributed by atoms with Gasteiger partial charge in [-0.2, -0.15) is 5.10 Å². The van der Waals surface area contributed by atoms with Crippen LogP contribution in [0.25, 0.3) is 0 Å². The number of nitrogens with two attached hydrogens (primary N) is 2. The highest BCUT2D eigenvalue weighted by Gasteiger charge is 2.31. The normalized spacial score (nSPS) is 20.1. The number of nitrogen functional groups attached to an aromatic ring is 1. The minimum Gasteiger partial charge on any atom is -0.394 e.